The summed E-state index contributed by atoms with van der Waals surface area (Å²) in [6.07, 6.45) is 15.7. The number of unbranched alkanes of at least 4 members (excludes halogenated alkanes) is 8. The van der Waals surface area contributed by atoms with E-state index in [2.05, 4.69) is 17.6 Å². The summed E-state index contributed by atoms with van der Waals surface area (Å²) >= 11 is 3.27. The van der Waals surface area contributed by atoms with E-state index >= 15 is 0 Å². The van der Waals surface area contributed by atoms with E-state index in [1.807, 2.05) is 24.6 Å². The van der Waals surface area contributed by atoms with Gasteiger partial charge in [0.25, 0.3) is 5.91 Å². The summed E-state index contributed by atoms with van der Waals surface area (Å²) in [6.45, 7) is 2.88. The molecular weight excluding hydrogens is 400 g/mol. The van der Waals surface area contributed by atoms with Gasteiger partial charge in [-0.15, -0.1) is 11.8 Å². The largest absolute Gasteiger partial charge is 0.351 e. The van der Waals surface area contributed by atoms with Crippen LogP contribution in [0, 0.1) is 0 Å². The molecule has 1 aromatic rings. The Hall–Kier alpha value is -1.14. The molecule has 0 heterocycles. The maximum absolute atomic E-state index is 12.4. The highest BCUT2D eigenvalue weighted by molar-refractivity contribution is 7.98. The van der Waals surface area contributed by atoms with Crippen LogP contribution >= 0.6 is 23.5 Å². The van der Waals surface area contributed by atoms with Gasteiger partial charge >= 0.3 is 0 Å². The number of benzene rings is 1. The third-order valence-electron chi connectivity index (χ3n) is 4.83. The lowest BCUT2D eigenvalue weighted by atomic mass is 10.1. The average molecular weight is 439 g/mol. The summed E-state index contributed by atoms with van der Waals surface area (Å²) in [4.78, 5) is 25.6. The molecule has 0 bridgehead atoms. The second kappa shape index (κ2) is 16.6. The number of anilines is 1. The lowest BCUT2D eigenvalue weighted by Gasteiger charge is -2.12. The number of thioether (sulfide) groups is 2. The van der Waals surface area contributed by atoms with Crippen LogP contribution in [0.3, 0.4) is 0 Å². The Bertz CT molecular complexity index is 609. The molecule has 0 atom stereocenters. The highest BCUT2D eigenvalue weighted by atomic mass is 32.2. The van der Waals surface area contributed by atoms with Gasteiger partial charge in [-0.05, 0) is 37.1 Å². The Balaban J connectivity index is 2.39. The monoisotopic (exact) mass is 438 g/mol. The number of carbonyl (C=O) groups excluding carboxylic acids is 2. The summed E-state index contributed by atoms with van der Waals surface area (Å²) < 4.78 is 0. The van der Waals surface area contributed by atoms with Crippen LogP contribution < -0.4 is 10.6 Å². The summed E-state index contributed by atoms with van der Waals surface area (Å²) in [5.41, 5.74) is 1.32. The summed E-state index contributed by atoms with van der Waals surface area (Å²) in [6, 6.07) is 5.51. The van der Waals surface area contributed by atoms with Crippen molar-refractivity contribution in [3.8, 4) is 0 Å². The van der Waals surface area contributed by atoms with Crippen LogP contribution in [0.15, 0.2) is 23.1 Å². The predicted molar refractivity (Wildman–Crippen MR) is 129 cm³/mol. The van der Waals surface area contributed by atoms with Crippen LogP contribution in [0.25, 0.3) is 0 Å². The van der Waals surface area contributed by atoms with Crippen LogP contribution in [-0.2, 0) is 4.79 Å². The Labute approximate surface area is 185 Å². The van der Waals surface area contributed by atoms with Gasteiger partial charge in [-0.2, -0.15) is 11.8 Å². The van der Waals surface area contributed by atoms with E-state index < -0.39 is 0 Å². The van der Waals surface area contributed by atoms with E-state index in [0.29, 0.717) is 18.5 Å². The standard InChI is InChI=1S/C23H38N2O2S2/c1-4-5-6-7-8-9-10-11-12-13-22(26)25-20-18-19(14-15-21(20)29-3)23(27)24-16-17-28-2/h14-15,18H,4-13,16-17H2,1-3H3,(H,24,27)(H,25,26). The number of hydrogen-bond donors (Lipinski definition) is 2. The number of amides is 2. The quantitative estimate of drug-likeness (QED) is 0.233. The molecule has 0 radical (unpaired) electrons. The molecule has 1 rings (SSSR count). The zero-order valence-electron chi connectivity index (χ0n) is 18.4. The second-order valence-electron chi connectivity index (χ2n) is 7.29. The van der Waals surface area contributed by atoms with Gasteiger partial charge in [0.1, 0.15) is 0 Å². The van der Waals surface area contributed by atoms with E-state index in [1.54, 1.807) is 29.6 Å². The van der Waals surface area contributed by atoms with E-state index in [-0.39, 0.29) is 11.8 Å². The van der Waals surface area contributed by atoms with Crippen molar-refractivity contribution in [3.63, 3.8) is 0 Å². The van der Waals surface area contributed by atoms with Crippen molar-refractivity contribution in [1.82, 2.24) is 5.32 Å². The smallest absolute Gasteiger partial charge is 0.251 e. The first-order valence-electron chi connectivity index (χ1n) is 10.9. The van der Waals surface area contributed by atoms with E-state index in [1.165, 1.54) is 44.9 Å². The number of rotatable bonds is 16. The molecule has 6 heteroatoms. The molecule has 0 saturated heterocycles. The molecule has 0 aliphatic rings. The number of carbonyl (C=O) groups is 2. The molecule has 0 aliphatic carbocycles. The molecule has 0 unspecified atom stereocenters. The van der Waals surface area contributed by atoms with Gasteiger partial charge in [-0.1, -0.05) is 58.3 Å². The molecule has 0 fully saturated rings. The topological polar surface area (TPSA) is 58.2 Å². The van der Waals surface area contributed by atoms with Gasteiger partial charge in [-0.3, -0.25) is 9.59 Å². The first-order valence-corrected chi connectivity index (χ1v) is 13.5. The molecule has 2 amide bonds. The summed E-state index contributed by atoms with van der Waals surface area (Å²) in [5.74, 6) is 0.820. The fourth-order valence-electron chi connectivity index (χ4n) is 3.12. The molecule has 1 aromatic carbocycles. The molecule has 0 spiro atoms. The maximum atomic E-state index is 12.4. The molecule has 0 aromatic heterocycles. The summed E-state index contributed by atoms with van der Waals surface area (Å²) in [5, 5.41) is 5.91. The predicted octanol–water partition coefficient (Wildman–Crippen LogP) is 6.36. The van der Waals surface area contributed by atoms with Crippen LogP contribution in [0.4, 0.5) is 5.69 Å². The molecule has 0 aliphatic heterocycles. The fraction of sp³-hybridized carbons (Fsp3) is 0.652. The minimum atomic E-state index is -0.0962. The second-order valence-corrected chi connectivity index (χ2v) is 9.12. The molecule has 2 N–H and O–H groups in total. The highest BCUT2D eigenvalue weighted by Gasteiger charge is 2.11. The van der Waals surface area contributed by atoms with Crippen LogP contribution in [-0.4, -0.2) is 36.6 Å². The van der Waals surface area contributed by atoms with Gasteiger partial charge in [0.05, 0.1) is 5.69 Å². The van der Waals surface area contributed by atoms with Gasteiger partial charge in [0, 0.05) is 29.2 Å². The number of hydrogen-bond acceptors (Lipinski definition) is 4. The van der Waals surface area contributed by atoms with E-state index in [0.717, 1.165) is 29.2 Å². The van der Waals surface area contributed by atoms with Gasteiger partial charge in [-0.25, -0.2) is 0 Å². The van der Waals surface area contributed by atoms with Crippen molar-refractivity contribution in [1.29, 1.82) is 0 Å². The fourth-order valence-corrected chi connectivity index (χ4v) is 3.96. The van der Waals surface area contributed by atoms with Gasteiger partial charge in [0.15, 0.2) is 0 Å². The number of nitrogens with one attached hydrogen (secondary N) is 2. The molecule has 29 heavy (non-hydrogen) atoms. The van der Waals surface area contributed by atoms with Crippen molar-refractivity contribution >= 4 is 41.0 Å². The first kappa shape index (κ1) is 25.9. The third-order valence-corrected chi connectivity index (χ3v) is 6.24. The van der Waals surface area contributed by atoms with Crippen molar-refractivity contribution < 1.29 is 9.59 Å². The molecular formula is C23H38N2O2S2. The average Bonchev–Trinajstić information content (AvgIpc) is 2.72. The van der Waals surface area contributed by atoms with Gasteiger partial charge < -0.3 is 10.6 Å². The Morgan fingerprint density at radius 2 is 1.59 bits per heavy atom. The third kappa shape index (κ3) is 11.6. The Morgan fingerprint density at radius 1 is 0.931 bits per heavy atom. The Kier molecular flexibility index (Phi) is 14.9. The first-order chi connectivity index (χ1) is 14.1. The minimum absolute atomic E-state index is 0.0307. The molecule has 4 nitrogen and oxygen atoms in total. The van der Waals surface area contributed by atoms with Crippen molar-refractivity contribution in [2.75, 3.05) is 30.1 Å². The molecule has 164 valence electrons. The summed E-state index contributed by atoms with van der Waals surface area (Å²) in [7, 11) is 0. The van der Waals surface area contributed by atoms with E-state index in [4.69, 9.17) is 0 Å². The lowest BCUT2D eigenvalue weighted by Crippen LogP contribution is -2.25. The van der Waals surface area contributed by atoms with Crippen LogP contribution in [0.2, 0.25) is 0 Å². The maximum Gasteiger partial charge on any atom is 0.251 e. The molecule has 0 saturated carbocycles. The highest BCUT2D eigenvalue weighted by Crippen LogP contribution is 2.27. The van der Waals surface area contributed by atoms with Crippen molar-refractivity contribution in [3.05, 3.63) is 23.8 Å². The SMILES string of the molecule is CCCCCCCCCCCC(=O)Nc1cc(C(=O)NCCSC)ccc1SC. The van der Waals surface area contributed by atoms with Gasteiger partial charge in [0.2, 0.25) is 5.91 Å². The van der Waals surface area contributed by atoms with Crippen molar-refractivity contribution in [2.24, 2.45) is 0 Å². The van der Waals surface area contributed by atoms with Crippen molar-refractivity contribution in [2.45, 2.75) is 76.0 Å². The normalized spacial score (nSPS) is 10.7. The minimum Gasteiger partial charge on any atom is -0.351 e. The lowest BCUT2D eigenvalue weighted by molar-refractivity contribution is -0.116. The van der Waals surface area contributed by atoms with Crippen LogP contribution in [0.5, 0.6) is 0 Å². The zero-order chi connectivity index (χ0) is 21.3. The van der Waals surface area contributed by atoms with E-state index in [9.17, 15) is 9.59 Å². The zero-order valence-corrected chi connectivity index (χ0v) is 20.0. The Morgan fingerprint density at radius 3 is 2.21 bits per heavy atom. The van der Waals surface area contributed by atoms with Crippen LogP contribution in [0.1, 0.15) is 81.5 Å².